The average molecular weight is 427 g/mol. The summed E-state index contributed by atoms with van der Waals surface area (Å²) in [6, 6.07) is 0. The number of esters is 1. The molecule has 0 aliphatic rings. The predicted octanol–water partition coefficient (Wildman–Crippen LogP) is 3.78. The van der Waals surface area contributed by atoms with Gasteiger partial charge in [-0.1, -0.05) is 36.3 Å². The predicted molar refractivity (Wildman–Crippen MR) is 110 cm³/mol. The van der Waals surface area contributed by atoms with E-state index < -0.39 is 5.97 Å². The number of carbonyl (C=O) groups is 2. The molecule has 1 amide bonds. The molecule has 154 valence electrons. The maximum Gasteiger partial charge on any atom is 0.350 e. The van der Waals surface area contributed by atoms with Crippen molar-refractivity contribution in [3.63, 3.8) is 0 Å². The molecule has 0 aliphatic heterocycles. The fourth-order valence-electron chi connectivity index (χ4n) is 2.44. The molecular formula is C18H26N4O4S2. The third kappa shape index (κ3) is 6.30. The van der Waals surface area contributed by atoms with E-state index in [1.54, 1.807) is 25.7 Å². The Bertz CT molecular complexity index is 790. The highest BCUT2D eigenvalue weighted by Gasteiger charge is 2.23. The summed E-state index contributed by atoms with van der Waals surface area (Å²) < 4.78 is 10.0. The van der Waals surface area contributed by atoms with Crippen molar-refractivity contribution in [1.29, 1.82) is 0 Å². The monoisotopic (exact) mass is 426 g/mol. The highest BCUT2D eigenvalue weighted by atomic mass is 32.2. The van der Waals surface area contributed by atoms with Gasteiger partial charge in [-0.25, -0.2) is 9.78 Å². The average Bonchev–Trinajstić information content (AvgIpc) is 3.24. The van der Waals surface area contributed by atoms with Crippen molar-refractivity contribution in [2.75, 3.05) is 23.8 Å². The van der Waals surface area contributed by atoms with E-state index in [0.717, 1.165) is 19.3 Å². The summed E-state index contributed by atoms with van der Waals surface area (Å²) in [5.41, 5.74) is 0.585. The van der Waals surface area contributed by atoms with Gasteiger partial charge in [0.1, 0.15) is 4.88 Å². The highest BCUT2D eigenvalue weighted by Crippen LogP contribution is 2.28. The van der Waals surface area contributed by atoms with Crippen LogP contribution >= 0.6 is 23.1 Å². The molecule has 0 aliphatic carbocycles. The standard InChI is InChI=1S/C18H26N4O4S2/c1-5-7-8-9-22(15(23)11-27-10-14-20-13(4)26-21-14)18-19-12(3)16(28-18)17(24)25-6-2/h5-11H2,1-4H3. The first kappa shape index (κ1) is 22.4. The number of carbonyl (C=O) groups excluding carboxylic acids is 2. The molecule has 0 atom stereocenters. The van der Waals surface area contributed by atoms with Gasteiger partial charge in [0.15, 0.2) is 11.0 Å². The van der Waals surface area contributed by atoms with Crippen molar-refractivity contribution < 1.29 is 18.8 Å². The Kier molecular flexibility index (Phi) is 8.91. The first-order valence-corrected chi connectivity index (χ1v) is 11.2. The van der Waals surface area contributed by atoms with Gasteiger partial charge in [-0.3, -0.25) is 9.69 Å². The summed E-state index contributed by atoms with van der Waals surface area (Å²) in [6.07, 6.45) is 2.96. The quantitative estimate of drug-likeness (QED) is 0.395. The van der Waals surface area contributed by atoms with Crippen LogP contribution in [0.25, 0.3) is 0 Å². The van der Waals surface area contributed by atoms with Crippen molar-refractivity contribution >= 4 is 40.1 Å². The van der Waals surface area contributed by atoms with Gasteiger partial charge in [0.2, 0.25) is 11.8 Å². The molecule has 0 radical (unpaired) electrons. The number of hydrogen-bond acceptors (Lipinski definition) is 9. The number of anilines is 1. The molecule has 2 rings (SSSR count). The lowest BCUT2D eigenvalue weighted by atomic mass is 10.2. The highest BCUT2D eigenvalue weighted by molar-refractivity contribution is 7.99. The summed E-state index contributed by atoms with van der Waals surface area (Å²) >= 11 is 2.63. The van der Waals surface area contributed by atoms with E-state index in [1.165, 1.54) is 23.1 Å². The third-order valence-electron chi connectivity index (χ3n) is 3.79. The van der Waals surface area contributed by atoms with Crippen LogP contribution in [0.3, 0.4) is 0 Å². The summed E-state index contributed by atoms with van der Waals surface area (Å²) in [5, 5.41) is 4.37. The molecule has 0 N–H and O–H groups in total. The number of thiazole rings is 1. The molecule has 10 heteroatoms. The fourth-order valence-corrected chi connectivity index (χ4v) is 4.17. The topological polar surface area (TPSA) is 98.4 Å². The number of amides is 1. The zero-order chi connectivity index (χ0) is 20.5. The maximum absolute atomic E-state index is 12.8. The molecule has 2 aromatic heterocycles. The van der Waals surface area contributed by atoms with Crippen LogP contribution in [0.5, 0.6) is 0 Å². The Morgan fingerprint density at radius 1 is 1.21 bits per heavy atom. The van der Waals surface area contributed by atoms with Crippen LogP contribution in [-0.4, -0.2) is 45.9 Å². The second-order valence-corrected chi connectivity index (χ2v) is 8.07. The van der Waals surface area contributed by atoms with Crippen molar-refractivity contribution in [2.45, 2.75) is 52.7 Å². The van der Waals surface area contributed by atoms with Gasteiger partial charge >= 0.3 is 5.97 Å². The number of rotatable bonds is 11. The van der Waals surface area contributed by atoms with Crippen LogP contribution < -0.4 is 4.90 Å². The minimum atomic E-state index is -0.397. The Morgan fingerprint density at radius 3 is 2.64 bits per heavy atom. The van der Waals surface area contributed by atoms with Crippen LogP contribution in [0.15, 0.2) is 4.52 Å². The molecule has 8 nitrogen and oxygen atoms in total. The zero-order valence-corrected chi connectivity index (χ0v) is 18.3. The van der Waals surface area contributed by atoms with Gasteiger partial charge in [-0.15, -0.1) is 11.8 Å². The smallest absolute Gasteiger partial charge is 0.350 e. The van der Waals surface area contributed by atoms with Crippen LogP contribution in [0.4, 0.5) is 5.13 Å². The number of aryl methyl sites for hydroxylation is 2. The molecule has 0 fully saturated rings. The zero-order valence-electron chi connectivity index (χ0n) is 16.7. The second-order valence-electron chi connectivity index (χ2n) is 6.11. The second kappa shape index (κ2) is 11.2. The normalized spacial score (nSPS) is 10.9. The summed E-state index contributed by atoms with van der Waals surface area (Å²) in [5.74, 6) is 1.40. The molecule has 2 heterocycles. The van der Waals surface area contributed by atoms with E-state index in [1.807, 2.05) is 0 Å². The largest absolute Gasteiger partial charge is 0.462 e. The molecule has 0 aromatic carbocycles. The first-order valence-electron chi connectivity index (χ1n) is 9.28. The van der Waals surface area contributed by atoms with Crippen LogP contribution in [-0.2, 0) is 15.3 Å². The maximum atomic E-state index is 12.8. The minimum absolute atomic E-state index is 0.0505. The van der Waals surface area contributed by atoms with Crippen molar-refractivity contribution in [1.82, 2.24) is 15.1 Å². The first-order chi connectivity index (χ1) is 13.5. The van der Waals surface area contributed by atoms with E-state index in [4.69, 9.17) is 9.26 Å². The van der Waals surface area contributed by atoms with E-state index in [9.17, 15) is 9.59 Å². The molecular weight excluding hydrogens is 400 g/mol. The molecule has 0 spiro atoms. The Labute approximate surface area is 173 Å². The lowest BCUT2D eigenvalue weighted by molar-refractivity contribution is -0.116. The molecule has 2 aromatic rings. The number of unbranched alkanes of at least 4 members (excludes halogenated alkanes) is 2. The lowest BCUT2D eigenvalue weighted by Crippen LogP contribution is -2.33. The number of aromatic nitrogens is 3. The van der Waals surface area contributed by atoms with E-state index in [-0.39, 0.29) is 11.7 Å². The van der Waals surface area contributed by atoms with E-state index in [0.29, 0.717) is 46.3 Å². The van der Waals surface area contributed by atoms with Crippen LogP contribution in [0.1, 0.15) is 60.2 Å². The van der Waals surface area contributed by atoms with Crippen molar-refractivity contribution in [3.05, 3.63) is 22.3 Å². The van der Waals surface area contributed by atoms with Crippen molar-refractivity contribution in [2.24, 2.45) is 0 Å². The van der Waals surface area contributed by atoms with Crippen LogP contribution in [0.2, 0.25) is 0 Å². The number of nitrogens with zero attached hydrogens (tertiary/aromatic N) is 4. The lowest BCUT2D eigenvalue weighted by Gasteiger charge is -2.19. The summed E-state index contributed by atoms with van der Waals surface area (Å²) in [6.45, 7) is 8.24. The third-order valence-corrected chi connectivity index (χ3v) is 5.86. The molecule has 0 saturated heterocycles. The number of thioether (sulfide) groups is 1. The molecule has 0 unspecified atom stereocenters. The molecule has 0 saturated carbocycles. The summed E-state index contributed by atoms with van der Waals surface area (Å²) in [7, 11) is 0. The molecule has 0 bridgehead atoms. The Morgan fingerprint density at radius 2 is 2.00 bits per heavy atom. The Balaban J connectivity index is 2.06. The van der Waals surface area contributed by atoms with Gasteiger partial charge in [-0.05, 0) is 20.3 Å². The van der Waals surface area contributed by atoms with Gasteiger partial charge in [0, 0.05) is 13.5 Å². The number of ether oxygens (including phenoxy) is 1. The van der Waals surface area contributed by atoms with E-state index in [2.05, 4.69) is 22.0 Å². The van der Waals surface area contributed by atoms with Gasteiger partial charge in [0.05, 0.1) is 23.8 Å². The van der Waals surface area contributed by atoms with Gasteiger partial charge in [0.25, 0.3) is 0 Å². The minimum Gasteiger partial charge on any atom is -0.462 e. The van der Waals surface area contributed by atoms with E-state index >= 15 is 0 Å². The summed E-state index contributed by atoms with van der Waals surface area (Å²) in [4.78, 5) is 35.6. The fraction of sp³-hybridized carbons (Fsp3) is 0.611. The number of hydrogen-bond donors (Lipinski definition) is 0. The Hall–Kier alpha value is -1.94. The SMILES string of the molecule is CCCCCN(C(=O)CSCc1noc(C)n1)c1nc(C)c(C(=O)OCC)s1. The van der Waals surface area contributed by atoms with Crippen LogP contribution in [0, 0.1) is 13.8 Å². The van der Waals surface area contributed by atoms with Gasteiger partial charge < -0.3 is 9.26 Å². The van der Waals surface area contributed by atoms with Crippen molar-refractivity contribution in [3.8, 4) is 0 Å². The van der Waals surface area contributed by atoms with Gasteiger partial charge in [-0.2, -0.15) is 4.98 Å². The molecule has 28 heavy (non-hydrogen) atoms.